The molecule has 0 spiro atoms. The van der Waals surface area contributed by atoms with Gasteiger partial charge in [0.1, 0.15) is 11.8 Å². The van der Waals surface area contributed by atoms with Crippen LogP contribution in [0, 0.1) is 28.1 Å². The van der Waals surface area contributed by atoms with Gasteiger partial charge < -0.3 is 11.1 Å². The highest BCUT2D eigenvalue weighted by Gasteiger charge is 2.14. The number of nitrogens with one attached hydrogen (secondary N) is 2. The van der Waals surface area contributed by atoms with E-state index < -0.39 is 5.92 Å². The van der Waals surface area contributed by atoms with Crippen molar-refractivity contribution in [3.8, 4) is 6.07 Å². The zero-order valence-corrected chi connectivity index (χ0v) is 5.81. The molecule has 0 radical (unpaired) electrons. The third-order valence-electron chi connectivity index (χ3n) is 1.17. The zero-order valence-electron chi connectivity index (χ0n) is 5.81. The third-order valence-corrected chi connectivity index (χ3v) is 1.17. The SMILES string of the molecule is CCC(=N)C(C#N)C(=N)N. The van der Waals surface area contributed by atoms with Crippen molar-refractivity contribution in [1.82, 2.24) is 0 Å². The summed E-state index contributed by atoms with van der Waals surface area (Å²) in [6, 6.07) is 1.78. The van der Waals surface area contributed by atoms with Crippen molar-refractivity contribution in [2.45, 2.75) is 13.3 Å². The molecule has 0 saturated carbocycles. The van der Waals surface area contributed by atoms with E-state index in [2.05, 4.69) is 0 Å². The molecule has 4 N–H and O–H groups in total. The Hall–Kier alpha value is -1.37. The van der Waals surface area contributed by atoms with E-state index in [1.54, 1.807) is 13.0 Å². The molecule has 0 aromatic rings. The van der Waals surface area contributed by atoms with Crippen LogP contribution in [0.15, 0.2) is 0 Å². The van der Waals surface area contributed by atoms with Gasteiger partial charge in [0, 0.05) is 5.71 Å². The lowest BCUT2D eigenvalue weighted by Crippen LogP contribution is -2.27. The Balaban J connectivity index is 4.25. The van der Waals surface area contributed by atoms with E-state index in [0.29, 0.717) is 6.42 Å². The lowest BCUT2D eigenvalue weighted by atomic mass is 10.0. The van der Waals surface area contributed by atoms with Gasteiger partial charge in [-0.15, -0.1) is 0 Å². The molecule has 0 aliphatic heterocycles. The van der Waals surface area contributed by atoms with Crippen molar-refractivity contribution in [3.05, 3.63) is 0 Å². The summed E-state index contributed by atoms with van der Waals surface area (Å²) >= 11 is 0. The zero-order chi connectivity index (χ0) is 8.15. The Morgan fingerprint density at radius 2 is 2.20 bits per heavy atom. The van der Waals surface area contributed by atoms with Gasteiger partial charge >= 0.3 is 0 Å². The van der Waals surface area contributed by atoms with Gasteiger partial charge in [-0.2, -0.15) is 5.26 Å². The fourth-order valence-electron chi connectivity index (χ4n) is 0.539. The van der Waals surface area contributed by atoms with E-state index in [1.165, 1.54) is 0 Å². The summed E-state index contributed by atoms with van der Waals surface area (Å²) in [5.74, 6) is -1.06. The Morgan fingerprint density at radius 3 is 2.30 bits per heavy atom. The molecule has 0 aromatic heterocycles. The molecule has 0 aliphatic rings. The second-order valence-corrected chi connectivity index (χ2v) is 1.90. The molecule has 0 rings (SSSR count). The number of hydrogen-bond acceptors (Lipinski definition) is 3. The monoisotopic (exact) mass is 138 g/mol. The molecule has 0 heterocycles. The van der Waals surface area contributed by atoms with E-state index >= 15 is 0 Å². The van der Waals surface area contributed by atoms with E-state index in [1.807, 2.05) is 0 Å². The van der Waals surface area contributed by atoms with Gasteiger partial charge in [0.05, 0.1) is 6.07 Å². The number of rotatable bonds is 3. The summed E-state index contributed by atoms with van der Waals surface area (Å²) in [4.78, 5) is 0. The molecular weight excluding hydrogens is 128 g/mol. The lowest BCUT2D eigenvalue weighted by molar-refractivity contribution is 1.06. The van der Waals surface area contributed by atoms with E-state index in [4.69, 9.17) is 21.8 Å². The maximum atomic E-state index is 8.39. The van der Waals surface area contributed by atoms with Gasteiger partial charge in [-0.1, -0.05) is 6.92 Å². The minimum absolute atomic E-state index is 0.204. The first kappa shape index (κ1) is 8.63. The second-order valence-electron chi connectivity index (χ2n) is 1.90. The molecule has 0 amide bonds. The first-order chi connectivity index (χ1) is 4.63. The molecule has 0 fully saturated rings. The fraction of sp³-hybridized carbons (Fsp3) is 0.500. The van der Waals surface area contributed by atoms with Crippen molar-refractivity contribution >= 4 is 11.5 Å². The molecule has 54 valence electrons. The average molecular weight is 138 g/mol. The molecule has 0 saturated heterocycles. The van der Waals surface area contributed by atoms with Crippen LogP contribution in [0.1, 0.15) is 13.3 Å². The standard InChI is InChI=1S/C6H10N4/c1-2-5(8)4(3-7)6(9)10/h4,8H,2H2,1H3,(H3,9,10). The topological polar surface area (TPSA) is 97.5 Å². The molecule has 0 aliphatic carbocycles. The summed E-state index contributed by atoms with van der Waals surface area (Å²) in [6.07, 6.45) is 0.470. The summed E-state index contributed by atoms with van der Waals surface area (Å²) < 4.78 is 0. The number of amidine groups is 1. The average Bonchev–Trinajstić information content (AvgIpc) is 1.88. The highest BCUT2D eigenvalue weighted by Crippen LogP contribution is 1.98. The predicted molar refractivity (Wildman–Crippen MR) is 39.0 cm³/mol. The first-order valence-electron chi connectivity index (χ1n) is 2.94. The second kappa shape index (κ2) is 3.62. The van der Waals surface area contributed by atoms with Crippen molar-refractivity contribution in [1.29, 1.82) is 16.1 Å². The Morgan fingerprint density at radius 1 is 1.70 bits per heavy atom. The molecule has 0 bridgehead atoms. The molecule has 1 atom stereocenters. The molecule has 0 aromatic carbocycles. The van der Waals surface area contributed by atoms with Gasteiger partial charge in [-0.05, 0) is 6.42 Å². The summed E-state index contributed by atoms with van der Waals surface area (Å²) in [7, 11) is 0. The van der Waals surface area contributed by atoms with E-state index in [9.17, 15) is 0 Å². The van der Waals surface area contributed by atoms with Crippen LogP contribution in [-0.2, 0) is 0 Å². The van der Waals surface area contributed by atoms with Crippen LogP contribution in [0.2, 0.25) is 0 Å². The van der Waals surface area contributed by atoms with Crippen LogP contribution in [0.25, 0.3) is 0 Å². The number of nitriles is 1. The lowest BCUT2D eigenvalue weighted by Gasteiger charge is -2.04. The largest absolute Gasteiger partial charge is 0.386 e. The van der Waals surface area contributed by atoms with Crippen molar-refractivity contribution in [2.24, 2.45) is 11.7 Å². The Bertz CT molecular complexity index is 188. The number of nitrogens with zero attached hydrogens (tertiary/aromatic N) is 1. The highest BCUT2D eigenvalue weighted by molar-refractivity contribution is 6.05. The fourth-order valence-corrected chi connectivity index (χ4v) is 0.539. The molecule has 4 nitrogen and oxygen atoms in total. The highest BCUT2D eigenvalue weighted by atomic mass is 14.7. The quantitative estimate of drug-likeness (QED) is 0.390. The van der Waals surface area contributed by atoms with Crippen molar-refractivity contribution in [2.75, 3.05) is 0 Å². The van der Waals surface area contributed by atoms with Gasteiger partial charge in [0.2, 0.25) is 0 Å². The number of nitrogens with two attached hydrogens (primary N) is 1. The maximum Gasteiger partial charge on any atom is 0.140 e. The smallest absolute Gasteiger partial charge is 0.140 e. The van der Waals surface area contributed by atoms with Gasteiger partial charge in [-0.25, -0.2) is 0 Å². The minimum atomic E-state index is -0.815. The van der Waals surface area contributed by atoms with Crippen LogP contribution in [-0.4, -0.2) is 11.5 Å². The Kier molecular flexibility index (Phi) is 3.12. The van der Waals surface area contributed by atoms with Crippen LogP contribution in [0.4, 0.5) is 0 Å². The van der Waals surface area contributed by atoms with Crippen molar-refractivity contribution < 1.29 is 0 Å². The summed E-state index contributed by atoms with van der Waals surface area (Å²) in [5.41, 5.74) is 5.25. The van der Waals surface area contributed by atoms with Crippen LogP contribution in [0.3, 0.4) is 0 Å². The summed E-state index contributed by atoms with van der Waals surface area (Å²) in [6.45, 7) is 1.76. The maximum absolute atomic E-state index is 8.39. The van der Waals surface area contributed by atoms with Crippen molar-refractivity contribution in [3.63, 3.8) is 0 Å². The molecule has 4 heteroatoms. The Labute approximate surface area is 59.7 Å². The van der Waals surface area contributed by atoms with Crippen LogP contribution < -0.4 is 5.73 Å². The van der Waals surface area contributed by atoms with Crippen LogP contribution >= 0.6 is 0 Å². The minimum Gasteiger partial charge on any atom is -0.386 e. The molecule has 1 unspecified atom stereocenters. The van der Waals surface area contributed by atoms with Gasteiger partial charge in [-0.3, -0.25) is 5.41 Å². The summed E-state index contributed by atoms with van der Waals surface area (Å²) in [5, 5.41) is 22.5. The third kappa shape index (κ3) is 1.86. The number of hydrogen-bond donors (Lipinski definition) is 3. The normalized spacial score (nSPS) is 11.6. The predicted octanol–water partition coefficient (Wildman–Crippen LogP) is 0.492. The first-order valence-corrected chi connectivity index (χ1v) is 2.94. The van der Waals surface area contributed by atoms with Crippen LogP contribution in [0.5, 0.6) is 0 Å². The van der Waals surface area contributed by atoms with Gasteiger partial charge in [0.25, 0.3) is 0 Å². The van der Waals surface area contributed by atoms with E-state index in [-0.39, 0.29) is 11.5 Å². The van der Waals surface area contributed by atoms with E-state index in [0.717, 1.165) is 0 Å². The molecule has 10 heavy (non-hydrogen) atoms. The molecular formula is C6H10N4. The van der Waals surface area contributed by atoms with Gasteiger partial charge in [0.15, 0.2) is 0 Å².